The number of hydrogen-bond acceptors (Lipinski definition) is 6. The average Bonchev–Trinajstić information content (AvgIpc) is 3.27. The number of benzene rings is 2. The van der Waals surface area contributed by atoms with E-state index < -0.39 is 23.1 Å². The van der Waals surface area contributed by atoms with Gasteiger partial charge in [0.25, 0.3) is 5.91 Å². The summed E-state index contributed by atoms with van der Waals surface area (Å²) in [5.41, 5.74) is 0.426. The number of aromatic nitrogens is 2. The summed E-state index contributed by atoms with van der Waals surface area (Å²) in [6.45, 7) is 4.15. The van der Waals surface area contributed by atoms with E-state index in [2.05, 4.69) is 25.7 Å². The molecule has 0 atom stereocenters. The minimum atomic E-state index is -0.916. The smallest absolute Gasteiger partial charge is 0.315 e. The maximum absolute atomic E-state index is 13.8. The van der Waals surface area contributed by atoms with Gasteiger partial charge in [-0.05, 0) is 75.3 Å². The molecule has 1 fully saturated rings. The van der Waals surface area contributed by atoms with Gasteiger partial charge in [-0.1, -0.05) is 17.6 Å². The summed E-state index contributed by atoms with van der Waals surface area (Å²) in [7, 11) is 0. The van der Waals surface area contributed by atoms with Crippen LogP contribution in [0.15, 0.2) is 46.9 Å². The third-order valence-corrected chi connectivity index (χ3v) is 5.38. The Kier molecular flexibility index (Phi) is 8.73. The number of amides is 1. The van der Waals surface area contributed by atoms with Crippen molar-refractivity contribution in [1.82, 2.24) is 15.1 Å². The third-order valence-electron chi connectivity index (χ3n) is 5.38. The van der Waals surface area contributed by atoms with Gasteiger partial charge in [-0.25, -0.2) is 8.78 Å². The van der Waals surface area contributed by atoms with Crippen LogP contribution in [0.25, 0.3) is 11.5 Å². The van der Waals surface area contributed by atoms with Crippen LogP contribution in [0, 0.1) is 11.6 Å². The molecule has 0 spiro atoms. The lowest BCUT2D eigenvalue weighted by Crippen LogP contribution is -2.31. The number of hydrogen-bond donors (Lipinski definition) is 2. The zero-order valence-electron chi connectivity index (χ0n) is 18.0. The largest absolute Gasteiger partial charge is 0.403 e. The van der Waals surface area contributed by atoms with Crippen LogP contribution >= 0.6 is 12.4 Å². The van der Waals surface area contributed by atoms with Crippen molar-refractivity contribution in [3.05, 3.63) is 59.7 Å². The molecule has 0 bridgehead atoms. The summed E-state index contributed by atoms with van der Waals surface area (Å²) in [4.78, 5) is 14.7. The second kappa shape index (κ2) is 11.7. The molecule has 1 amide bonds. The molecule has 3 aromatic rings. The summed E-state index contributed by atoms with van der Waals surface area (Å²) in [6, 6.07) is 10.2. The predicted molar refractivity (Wildman–Crippen MR) is 125 cm³/mol. The summed E-state index contributed by atoms with van der Waals surface area (Å²) >= 11 is 0. The van der Waals surface area contributed by atoms with E-state index in [4.69, 9.17) is 4.42 Å². The molecule has 1 saturated heterocycles. The first-order valence-electron chi connectivity index (χ1n) is 10.8. The number of carbonyl (C=O) groups is 1. The lowest BCUT2D eigenvalue weighted by atomic mass is 10.1. The van der Waals surface area contributed by atoms with Crippen molar-refractivity contribution in [2.45, 2.75) is 25.7 Å². The van der Waals surface area contributed by atoms with Gasteiger partial charge in [-0.2, -0.15) is 0 Å². The molecule has 0 radical (unpaired) electrons. The molecule has 2 aromatic carbocycles. The molecule has 4 rings (SSSR count). The maximum Gasteiger partial charge on any atom is 0.315 e. The highest BCUT2D eigenvalue weighted by atomic mass is 35.5. The fraction of sp³-hybridized carbons (Fsp3) is 0.348. The Morgan fingerprint density at radius 1 is 1.00 bits per heavy atom. The van der Waals surface area contributed by atoms with E-state index in [-0.39, 0.29) is 12.4 Å². The fourth-order valence-electron chi connectivity index (χ4n) is 3.70. The van der Waals surface area contributed by atoms with Crippen molar-refractivity contribution < 1.29 is 18.0 Å². The van der Waals surface area contributed by atoms with Crippen molar-refractivity contribution in [1.29, 1.82) is 0 Å². The number of anilines is 2. The Morgan fingerprint density at radius 3 is 2.39 bits per heavy atom. The van der Waals surface area contributed by atoms with Crippen molar-refractivity contribution in [3.63, 3.8) is 0 Å². The summed E-state index contributed by atoms with van der Waals surface area (Å²) < 4.78 is 33.2. The molecule has 0 saturated carbocycles. The highest BCUT2D eigenvalue weighted by Gasteiger charge is 2.17. The molecule has 2 heterocycles. The van der Waals surface area contributed by atoms with E-state index in [1.165, 1.54) is 38.4 Å². The van der Waals surface area contributed by atoms with E-state index in [1.807, 2.05) is 0 Å². The van der Waals surface area contributed by atoms with Gasteiger partial charge in [0.05, 0.1) is 0 Å². The van der Waals surface area contributed by atoms with Crippen LogP contribution in [0.5, 0.6) is 0 Å². The monoisotopic (exact) mass is 477 g/mol. The maximum atomic E-state index is 13.8. The van der Waals surface area contributed by atoms with E-state index in [0.29, 0.717) is 23.2 Å². The second-order valence-electron chi connectivity index (χ2n) is 7.72. The highest BCUT2D eigenvalue weighted by molar-refractivity contribution is 6.04. The van der Waals surface area contributed by atoms with Gasteiger partial charge < -0.3 is 20.0 Å². The highest BCUT2D eigenvalue weighted by Crippen LogP contribution is 2.23. The Hall–Kier alpha value is -3.04. The second-order valence-corrected chi connectivity index (χ2v) is 7.72. The van der Waals surface area contributed by atoms with Crippen molar-refractivity contribution in [3.8, 4) is 11.5 Å². The summed E-state index contributed by atoms with van der Waals surface area (Å²) in [5, 5.41) is 13.7. The minimum Gasteiger partial charge on any atom is -0.403 e. The van der Waals surface area contributed by atoms with Crippen LogP contribution in [0.1, 0.15) is 36.0 Å². The predicted octanol–water partition coefficient (Wildman–Crippen LogP) is 4.98. The molecule has 0 aliphatic carbocycles. The Morgan fingerprint density at radius 2 is 1.70 bits per heavy atom. The van der Waals surface area contributed by atoms with E-state index >= 15 is 0 Å². The van der Waals surface area contributed by atoms with Crippen molar-refractivity contribution in [2.75, 3.05) is 36.8 Å². The van der Waals surface area contributed by atoms with Crippen molar-refractivity contribution >= 4 is 30.0 Å². The average molecular weight is 478 g/mol. The Labute approximate surface area is 197 Å². The zero-order valence-corrected chi connectivity index (χ0v) is 18.8. The number of carbonyl (C=O) groups excluding carboxylic acids is 1. The number of piperidine rings is 1. The van der Waals surface area contributed by atoms with Gasteiger partial charge in [-0.3, -0.25) is 4.79 Å². The quantitative estimate of drug-likeness (QED) is 0.445. The normalized spacial score (nSPS) is 13.9. The lowest BCUT2D eigenvalue weighted by molar-refractivity contribution is 0.101. The standard InChI is InChI=1S/C23H25F2N5O2.ClH/c24-18-6-4-7-19(25)20(18)21(31)27-17-10-8-16(9-11-17)22-28-29-23(32-22)26-12-5-15-30-13-2-1-3-14-30;/h4,6-11H,1-3,5,12-15H2,(H,26,29)(H,27,31);1H. The fourth-order valence-corrected chi connectivity index (χ4v) is 3.70. The Balaban J connectivity index is 0.00000306. The number of nitrogens with zero attached hydrogens (tertiary/aromatic N) is 3. The molecule has 10 heteroatoms. The van der Waals surface area contributed by atoms with Crippen LogP contribution in [0.3, 0.4) is 0 Å². The Bertz CT molecular complexity index is 1040. The molecule has 2 N–H and O–H groups in total. The lowest BCUT2D eigenvalue weighted by Gasteiger charge is -2.26. The van der Waals surface area contributed by atoms with E-state index in [1.54, 1.807) is 24.3 Å². The minimum absolute atomic E-state index is 0. The molecule has 1 aliphatic heterocycles. The topological polar surface area (TPSA) is 83.3 Å². The number of nitrogens with one attached hydrogen (secondary N) is 2. The van der Waals surface area contributed by atoms with Crippen LogP contribution in [-0.4, -0.2) is 47.2 Å². The molecule has 33 heavy (non-hydrogen) atoms. The van der Waals surface area contributed by atoms with E-state index in [9.17, 15) is 13.6 Å². The molecule has 0 unspecified atom stereocenters. The van der Waals surface area contributed by atoms with Gasteiger partial charge in [0.1, 0.15) is 17.2 Å². The number of halogens is 3. The first kappa shape index (κ1) is 24.6. The zero-order chi connectivity index (χ0) is 22.3. The van der Waals surface area contributed by atoms with Crippen LogP contribution < -0.4 is 10.6 Å². The first-order chi connectivity index (χ1) is 15.6. The molecule has 7 nitrogen and oxygen atoms in total. The van der Waals surface area contributed by atoms with Crippen LogP contribution in [0.2, 0.25) is 0 Å². The van der Waals surface area contributed by atoms with Gasteiger partial charge in [0.15, 0.2) is 0 Å². The van der Waals surface area contributed by atoms with Gasteiger partial charge >= 0.3 is 6.01 Å². The van der Waals surface area contributed by atoms with Crippen LogP contribution in [-0.2, 0) is 0 Å². The third kappa shape index (κ3) is 6.49. The SMILES string of the molecule is Cl.O=C(Nc1ccc(-c2nnc(NCCCN3CCCCC3)o2)cc1)c1c(F)cccc1F. The summed E-state index contributed by atoms with van der Waals surface area (Å²) in [5.74, 6) is -2.36. The van der Waals surface area contributed by atoms with E-state index in [0.717, 1.165) is 31.6 Å². The van der Waals surface area contributed by atoms with Gasteiger partial charge in [0.2, 0.25) is 5.89 Å². The molecular formula is C23H26ClF2N5O2. The number of likely N-dealkylation sites (tertiary alicyclic amines) is 1. The molecular weight excluding hydrogens is 452 g/mol. The molecule has 176 valence electrons. The van der Waals surface area contributed by atoms with Crippen molar-refractivity contribution in [2.24, 2.45) is 0 Å². The molecule has 1 aromatic heterocycles. The number of rotatable bonds is 8. The molecule has 1 aliphatic rings. The first-order valence-corrected chi connectivity index (χ1v) is 10.8. The summed E-state index contributed by atoms with van der Waals surface area (Å²) in [6.07, 6.45) is 4.89. The van der Waals surface area contributed by atoms with Gasteiger partial charge in [-0.15, -0.1) is 17.5 Å². The van der Waals surface area contributed by atoms with Crippen LogP contribution in [0.4, 0.5) is 20.5 Å². The van der Waals surface area contributed by atoms with Gasteiger partial charge in [0, 0.05) is 17.8 Å².